The van der Waals surface area contributed by atoms with Gasteiger partial charge in [-0.1, -0.05) is 17.7 Å². The Kier molecular flexibility index (Phi) is 4.76. The first-order valence-corrected chi connectivity index (χ1v) is 6.49. The minimum absolute atomic E-state index is 0.313. The van der Waals surface area contributed by atoms with Gasteiger partial charge in [0.05, 0.1) is 5.02 Å². The molecular formula is C14H16ClN3O2. The Labute approximate surface area is 122 Å². The maximum Gasteiger partial charge on any atom is 0.224 e. The predicted molar refractivity (Wildman–Crippen MR) is 78.6 cm³/mol. The molecule has 0 aliphatic heterocycles. The third kappa shape index (κ3) is 3.59. The molecule has 0 spiro atoms. The lowest BCUT2D eigenvalue weighted by Gasteiger charge is -2.10. The second kappa shape index (κ2) is 6.54. The van der Waals surface area contributed by atoms with E-state index < -0.39 is 0 Å². The molecule has 0 unspecified atom stereocenters. The van der Waals surface area contributed by atoms with E-state index in [4.69, 9.17) is 21.1 Å². The van der Waals surface area contributed by atoms with E-state index in [9.17, 15) is 0 Å². The number of aromatic nitrogens is 2. The van der Waals surface area contributed by atoms with Gasteiger partial charge in [0.2, 0.25) is 5.88 Å². The fourth-order valence-electron chi connectivity index (χ4n) is 1.65. The van der Waals surface area contributed by atoms with Crippen LogP contribution in [0.1, 0.15) is 11.4 Å². The summed E-state index contributed by atoms with van der Waals surface area (Å²) in [5, 5.41) is 3.50. The van der Waals surface area contributed by atoms with E-state index in [0.717, 1.165) is 5.56 Å². The third-order valence-electron chi connectivity index (χ3n) is 2.58. The zero-order chi connectivity index (χ0) is 14.5. The van der Waals surface area contributed by atoms with Crippen molar-refractivity contribution in [3.05, 3.63) is 40.7 Å². The standard InChI is InChI=1S/C14H16ClN3O2/c1-9-4-5-11(10(15)6-9)20-14-7-12(16-2)17-13(18-14)8-19-3/h4-7H,8H2,1-3H3,(H,16,17,18). The molecule has 2 aromatic rings. The average Bonchev–Trinajstić information content (AvgIpc) is 2.42. The predicted octanol–water partition coefficient (Wildman–Crippen LogP) is 3.42. The maximum absolute atomic E-state index is 6.15. The van der Waals surface area contributed by atoms with Crippen LogP contribution in [-0.4, -0.2) is 24.1 Å². The molecule has 6 heteroatoms. The van der Waals surface area contributed by atoms with Crippen LogP contribution in [0.3, 0.4) is 0 Å². The van der Waals surface area contributed by atoms with Gasteiger partial charge in [0.1, 0.15) is 18.2 Å². The second-order valence-corrected chi connectivity index (χ2v) is 4.63. The van der Waals surface area contributed by atoms with Gasteiger partial charge in [-0.2, -0.15) is 4.98 Å². The van der Waals surface area contributed by atoms with Gasteiger partial charge in [0.15, 0.2) is 5.82 Å². The van der Waals surface area contributed by atoms with Gasteiger partial charge >= 0.3 is 0 Å². The van der Waals surface area contributed by atoms with Gasteiger partial charge in [0, 0.05) is 20.2 Å². The SMILES string of the molecule is CNc1cc(Oc2ccc(C)cc2Cl)nc(COC)n1. The number of hydrogen-bond acceptors (Lipinski definition) is 5. The van der Waals surface area contributed by atoms with Crippen molar-refractivity contribution in [3.63, 3.8) is 0 Å². The molecule has 0 saturated heterocycles. The number of anilines is 1. The van der Waals surface area contributed by atoms with E-state index >= 15 is 0 Å². The van der Waals surface area contributed by atoms with E-state index in [1.54, 1.807) is 20.2 Å². The molecule has 0 aliphatic rings. The molecule has 1 N–H and O–H groups in total. The van der Waals surface area contributed by atoms with E-state index in [0.29, 0.717) is 34.9 Å². The molecule has 0 aliphatic carbocycles. The monoisotopic (exact) mass is 293 g/mol. The zero-order valence-electron chi connectivity index (χ0n) is 11.6. The summed E-state index contributed by atoms with van der Waals surface area (Å²) < 4.78 is 10.8. The number of benzene rings is 1. The molecule has 1 aromatic heterocycles. The van der Waals surface area contributed by atoms with Crippen LogP contribution in [0.5, 0.6) is 11.6 Å². The van der Waals surface area contributed by atoms with Crippen LogP contribution in [0.15, 0.2) is 24.3 Å². The molecule has 0 radical (unpaired) electrons. The summed E-state index contributed by atoms with van der Waals surface area (Å²) in [6.45, 7) is 2.28. The van der Waals surface area contributed by atoms with Crippen molar-refractivity contribution < 1.29 is 9.47 Å². The summed E-state index contributed by atoms with van der Waals surface area (Å²) in [7, 11) is 3.37. The minimum Gasteiger partial charge on any atom is -0.437 e. The van der Waals surface area contributed by atoms with Gasteiger partial charge in [-0.25, -0.2) is 4.98 Å². The van der Waals surface area contributed by atoms with E-state index in [2.05, 4.69) is 15.3 Å². The number of aryl methyl sites for hydroxylation is 1. The molecule has 1 aromatic carbocycles. The average molecular weight is 294 g/mol. The second-order valence-electron chi connectivity index (χ2n) is 4.23. The Morgan fingerprint density at radius 1 is 1.25 bits per heavy atom. The number of methoxy groups -OCH3 is 1. The van der Waals surface area contributed by atoms with Crippen LogP contribution >= 0.6 is 11.6 Å². The van der Waals surface area contributed by atoms with Crippen molar-refractivity contribution in [1.82, 2.24) is 9.97 Å². The van der Waals surface area contributed by atoms with Crippen LogP contribution in [0.25, 0.3) is 0 Å². The summed E-state index contributed by atoms with van der Waals surface area (Å²) >= 11 is 6.15. The first-order valence-electron chi connectivity index (χ1n) is 6.11. The van der Waals surface area contributed by atoms with Gasteiger partial charge in [-0.15, -0.1) is 0 Å². The summed E-state index contributed by atoms with van der Waals surface area (Å²) in [5.74, 6) is 2.17. The highest BCUT2D eigenvalue weighted by atomic mass is 35.5. The number of halogens is 1. The highest BCUT2D eigenvalue weighted by molar-refractivity contribution is 6.32. The van der Waals surface area contributed by atoms with E-state index in [-0.39, 0.29) is 0 Å². The first kappa shape index (κ1) is 14.6. The molecule has 5 nitrogen and oxygen atoms in total. The molecule has 2 rings (SSSR count). The van der Waals surface area contributed by atoms with Crippen LogP contribution < -0.4 is 10.1 Å². The minimum atomic E-state index is 0.313. The van der Waals surface area contributed by atoms with Crippen molar-refractivity contribution in [3.8, 4) is 11.6 Å². The summed E-state index contributed by atoms with van der Waals surface area (Å²) in [6.07, 6.45) is 0. The Morgan fingerprint density at radius 3 is 2.70 bits per heavy atom. The van der Waals surface area contributed by atoms with E-state index in [1.165, 1.54) is 0 Å². The number of hydrogen-bond donors (Lipinski definition) is 1. The molecule has 0 amide bonds. The lowest BCUT2D eigenvalue weighted by Crippen LogP contribution is -2.03. The van der Waals surface area contributed by atoms with Gasteiger partial charge < -0.3 is 14.8 Å². The lowest BCUT2D eigenvalue weighted by molar-refractivity contribution is 0.177. The molecule has 1 heterocycles. The maximum atomic E-state index is 6.15. The van der Waals surface area contributed by atoms with Crippen molar-refractivity contribution >= 4 is 17.4 Å². The van der Waals surface area contributed by atoms with Crippen LogP contribution in [0, 0.1) is 6.92 Å². The molecular weight excluding hydrogens is 278 g/mol. The highest BCUT2D eigenvalue weighted by Gasteiger charge is 2.08. The quantitative estimate of drug-likeness (QED) is 0.915. The molecule has 0 saturated carbocycles. The highest BCUT2D eigenvalue weighted by Crippen LogP contribution is 2.29. The topological polar surface area (TPSA) is 56.3 Å². The van der Waals surface area contributed by atoms with Crippen LogP contribution in [0.2, 0.25) is 5.02 Å². The molecule has 20 heavy (non-hydrogen) atoms. The van der Waals surface area contributed by atoms with Crippen molar-refractivity contribution in [2.75, 3.05) is 19.5 Å². The molecule has 106 valence electrons. The third-order valence-corrected chi connectivity index (χ3v) is 2.88. The largest absolute Gasteiger partial charge is 0.437 e. The number of nitrogens with one attached hydrogen (secondary N) is 1. The van der Waals surface area contributed by atoms with Gasteiger partial charge in [-0.3, -0.25) is 0 Å². The molecule has 0 atom stereocenters. The number of nitrogens with zero attached hydrogens (tertiary/aromatic N) is 2. The van der Waals surface area contributed by atoms with Crippen molar-refractivity contribution in [2.24, 2.45) is 0 Å². The number of ether oxygens (including phenoxy) is 2. The summed E-state index contributed by atoms with van der Waals surface area (Å²) in [5.41, 5.74) is 1.07. The van der Waals surface area contributed by atoms with Crippen LogP contribution in [-0.2, 0) is 11.3 Å². The fraction of sp³-hybridized carbons (Fsp3) is 0.286. The molecule has 0 fully saturated rings. The van der Waals surface area contributed by atoms with Gasteiger partial charge in [0.25, 0.3) is 0 Å². The molecule has 0 bridgehead atoms. The Balaban J connectivity index is 2.29. The lowest BCUT2D eigenvalue weighted by atomic mass is 10.2. The summed E-state index contributed by atoms with van der Waals surface area (Å²) in [4.78, 5) is 8.53. The van der Waals surface area contributed by atoms with Crippen LogP contribution in [0.4, 0.5) is 5.82 Å². The fourth-order valence-corrected chi connectivity index (χ4v) is 1.92. The normalized spacial score (nSPS) is 10.4. The smallest absolute Gasteiger partial charge is 0.224 e. The van der Waals surface area contributed by atoms with E-state index in [1.807, 2.05) is 25.1 Å². The Morgan fingerprint density at radius 2 is 2.05 bits per heavy atom. The first-order chi connectivity index (χ1) is 9.62. The zero-order valence-corrected chi connectivity index (χ0v) is 12.4. The number of rotatable bonds is 5. The van der Waals surface area contributed by atoms with Crippen molar-refractivity contribution in [2.45, 2.75) is 13.5 Å². The summed E-state index contributed by atoms with van der Waals surface area (Å²) in [6, 6.07) is 7.29. The Hall–Kier alpha value is -1.85. The van der Waals surface area contributed by atoms with Gasteiger partial charge in [-0.05, 0) is 24.6 Å². The Bertz CT molecular complexity index is 605. The van der Waals surface area contributed by atoms with Crippen molar-refractivity contribution in [1.29, 1.82) is 0 Å².